The summed E-state index contributed by atoms with van der Waals surface area (Å²) >= 11 is 0. The van der Waals surface area contributed by atoms with Crippen molar-refractivity contribution in [1.29, 1.82) is 0 Å². The van der Waals surface area contributed by atoms with E-state index in [4.69, 9.17) is 19.3 Å². The lowest BCUT2D eigenvalue weighted by Crippen LogP contribution is -2.51. The Morgan fingerprint density at radius 1 is 0.923 bits per heavy atom. The molecule has 224 valence electrons. The van der Waals surface area contributed by atoms with Crippen LogP contribution in [-0.4, -0.2) is 50.9 Å². The Balaban J connectivity index is 1.32. The number of hydrogen-bond acceptors (Lipinski definition) is 4. The zero-order chi connectivity index (χ0) is 28.0. The van der Waals surface area contributed by atoms with Gasteiger partial charge in [-0.3, -0.25) is 0 Å². The first kappa shape index (κ1) is 31.3. The molecule has 3 saturated carbocycles. The first-order chi connectivity index (χ1) is 18.7. The van der Waals surface area contributed by atoms with Crippen LogP contribution in [0.5, 0.6) is 0 Å². The Morgan fingerprint density at radius 3 is 2.38 bits per heavy atom. The summed E-state index contributed by atoms with van der Waals surface area (Å²) in [6.07, 6.45) is 20.0. The van der Waals surface area contributed by atoms with Crippen molar-refractivity contribution in [2.75, 3.05) is 39.6 Å². The molecule has 39 heavy (non-hydrogen) atoms. The lowest BCUT2D eigenvalue weighted by atomic mass is 9.47. The van der Waals surface area contributed by atoms with Gasteiger partial charge in [0.05, 0.1) is 45.7 Å². The number of aliphatic hydroxyl groups is 1. The Bertz CT molecular complexity index is 819. The fraction of sp³-hybridized carbons (Fsp3) is 0.886. The van der Waals surface area contributed by atoms with Crippen LogP contribution >= 0.6 is 0 Å². The molecule has 0 aliphatic heterocycles. The number of fused-ring (bicyclic) bond motifs is 5. The lowest BCUT2D eigenvalue weighted by Gasteiger charge is -2.58. The number of allylic oxidation sites excluding steroid dienone is 3. The molecule has 0 spiro atoms. The summed E-state index contributed by atoms with van der Waals surface area (Å²) < 4.78 is 17.2. The number of ether oxygens (including phenoxy) is 3. The van der Waals surface area contributed by atoms with E-state index in [1.54, 1.807) is 5.57 Å². The van der Waals surface area contributed by atoms with E-state index < -0.39 is 0 Å². The smallest absolute Gasteiger partial charge is 0.0704 e. The van der Waals surface area contributed by atoms with E-state index in [1.807, 2.05) is 0 Å². The maximum absolute atomic E-state index is 8.76. The zero-order valence-corrected chi connectivity index (χ0v) is 26.1. The SMILES string of the molecule is CC[C@H](C=C[C@@H](C)[C@H]1CCC2[C@@H]3CC=C4C[C@@H](OCCOCCOCCO)CC[C@]4(C)[C@@H]3CC[C@@]21C)C(C)C. The van der Waals surface area contributed by atoms with Crippen molar-refractivity contribution in [2.45, 2.75) is 105 Å². The van der Waals surface area contributed by atoms with Gasteiger partial charge in [0, 0.05) is 0 Å². The van der Waals surface area contributed by atoms with Crippen LogP contribution in [0.1, 0.15) is 99.3 Å². The quantitative estimate of drug-likeness (QED) is 0.179. The first-order valence-electron chi connectivity index (χ1n) is 16.5. The van der Waals surface area contributed by atoms with Crippen molar-refractivity contribution < 1.29 is 19.3 Å². The predicted octanol–water partition coefficient (Wildman–Crippen LogP) is 7.85. The largest absolute Gasteiger partial charge is 0.394 e. The van der Waals surface area contributed by atoms with Gasteiger partial charge >= 0.3 is 0 Å². The molecule has 0 aromatic heterocycles. The molecule has 1 N–H and O–H groups in total. The molecule has 4 heteroatoms. The van der Waals surface area contributed by atoms with Gasteiger partial charge in [-0.2, -0.15) is 0 Å². The molecule has 0 aromatic rings. The molecule has 0 bridgehead atoms. The normalized spacial score (nSPS) is 37.8. The van der Waals surface area contributed by atoms with Crippen LogP contribution in [0.3, 0.4) is 0 Å². The average Bonchev–Trinajstić information content (AvgIpc) is 3.27. The summed E-state index contributed by atoms with van der Waals surface area (Å²) in [5, 5.41) is 8.76. The third-order valence-corrected chi connectivity index (χ3v) is 11.9. The van der Waals surface area contributed by atoms with Gasteiger partial charge in [0.15, 0.2) is 0 Å². The molecule has 3 fully saturated rings. The van der Waals surface area contributed by atoms with Crippen LogP contribution in [0.2, 0.25) is 0 Å². The van der Waals surface area contributed by atoms with Crippen LogP contribution in [0.25, 0.3) is 0 Å². The maximum atomic E-state index is 8.76. The van der Waals surface area contributed by atoms with Gasteiger partial charge in [0.25, 0.3) is 0 Å². The van der Waals surface area contributed by atoms with Crippen molar-refractivity contribution in [3.05, 3.63) is 23.8 Å². The van der Waals surface area contributed by atoms with Crippen molar-refractivity contribution in [3.8, 4) is 0 Å². The Labute approximate surface area is 240 Å². The first-order valence-corrected chi connectivity index (χ1v) is 16.5. The Hall–Kier alpha value is -0.680. The number of hydrogen-bond donors (Lipinski definition) is 1. The van der Waals surface area contributed by atoms with Crippen LogP contribution in [0, 0.1) is 52.3 Å². The minimum absolute atomic E-state index is 0.0660. The summed E-state index contributed by atoms with van der Waals surface area (Å²) in [7, 11) is 0. The van der Waals surface area contributed by atoms with Crippen molar-refractivity contribution in [1.82, 2.24) is 0 Å². The fourth-order valence-corrected chi connectivity index (χ4v) is 9.62. The van der Waals surface area contributed by atoms with Gasteiger partial charge in [0.1, 0.15) is 0 Å². The Morgan fingerprint density at radius 2 is 1.67 bits per heavy atom. The highest BCUT2D eigenvalue weighted by molar-refractivity contribution is 5.25. The third kappa shape index (κ3) is 6.87. The molecular weight excluding hydrogens is 484 g/mol. The molecule has 1 unspecified atom stereocenters. The molecule has 9 atom stereocenters. The highest BCUT2D eigenvalue weighted by atomic mass is 16.5. The van der Waals surface area contributed by atoms with Gasteiger partial charge in [0.2, 0.25) is 0 Å². The van der Waals surface area contributed by atoms with E-state index in [0.29, 0.717) is 55.9 Å². The molecule has 4 nitrogen and oxygen atoms in total. The van der Waals surface area contributed by atoms with E-state index in [2.05, 4.69) is 59.8 Å². The van der Waals surface area contributed by atoms with E-state index >= 15 is 0 Å². The third-order valence-electron chi connectivity index (χ3n) is 11.9. The monoisotopic (exact) mass is 544 g/mol. The summed E-state index contributed by atoms with van der Waals surface area (Å²) in [5.74, 6) is 5.62. The molecule has 0 saturated heterocycles. The zero-order valence-electron chi connectivity index (χ0n) is 26.1. The number of rotatable bonds is 14. The summed E-state index contributed by atoms with van der Waals surface area (Å²) in [4.78, 5) is 0. The minimum Gasteiger partial charge on any atom is -0.394 e. The molecule has 0 radical (unpaired) electrons. The van der Waals surface area contributed by atoms with E-state index in [1.165, 1.54) is 51.4 Å². The maximum Gasteiger partial charge on any atom is 0.0704 e. The fourth-order valence-electron chi connectivity index (χ4n) is 9.62. The molecular formula is C35H60O4. The second-order valence-electron chi connectivity index (χ2n) is 14.2. The molecule has 0 aromatic carbocycles. The van der Waals surface area contributed by atoms with Crippen LogP contribution < -0.4 is 0 Å². The van der Waals surface area contributed by atoms with E-state index in [-0.39, 0.29) is 6.61 Å². The highest BCUT2D eigenvalue weighted by Gasteiger charge is 2.59. The standard InChI is InChI=1S/C35H60O4/c1-7-27(25(2)3)9-8-26(4)31-12-13-32-30-11-10-28-24-29(39-23-22-38-21-20-37-19-18-36)14-16-34(28,5)33(30)15-17-35(31,32)6/h8-10,25-27,29-33,36H,7,11-24H2,1-6H3/t26-,27-,29+,30+,31-,32?,33-,34+,35-/m1/s1. The average molecular weight is 545 g/mol. The predicted molar refractivity (Wildman–Crippen MR) is 161 cm³/mol. The topological polar surface area (TPSA) is 47.9 Å². The summed E-state index contributed by atoms with van der Waals surface area (Å²) in [6.45, 7) is 17.7. The molecule has 4 rings (SSSR count). The van der Waals surface area contributed by atoms with Gasteiger partial charge in [-0.15, -0.1) is 0 Å². The van der Waals surface area contributed by atoms with Gasteiger partial charge in [-0.05, 0) is 110 Å². The van der Waals surface area contributed by atoms with Crippen LogP contribution in [-0.2, 0) is 14.2 Å². The van der Waals surface area contributed by atoms with Gasteiger partial charge < -0.3 is 19.3 Å². The summed E-state index contributed by atoms with van der Waals surface area (Å²) in [6, 6.07) is 0. The van der Waals surface area contributed by atoms with Crippen LogP contribution in [0.15, 0.2) is 23.8 Å². The Kier molecular flexibility index (Phi) is 11.2. The molecule has 4 aliphatic carbocycles. The van der Waals surface area contributed by atoms with E-state index in [9.17, 15) is 0 Å². The summed E-state index contributed by atoms with van der Waals surface area (Å²) in [5.41, 5.74) is 2.59. The van der Waals surface area contributed by atoms with Crippen molar-refractivity contribution >= 4 is 0 Å². The van der Waals surface area contributed by atoms with Crippen molar-refractivity contribution in [2.24, 2.45) is 52.3 Å². The molecule has 0 heterocycles. The lowest BCUT2D eigenvalue weighted by molar-refractivity contribution is -0.0669. The minimum atomic E-state index is 0.0660. The van der Waals surface area contributed by atoms with Crippen molar-refractivity contribution in [3.63, 3.8) is 0 Å². The second-order valence-corrected chi connectivity index (χ2v) is 14.2. The highest BCUT2D eigenvalue weighted by Crippen LogP contribution is 2.67. The molecule has 4 aliphatic rings. The van der Waals surface area contributed by atoms with Gasteiger partial charge in [-0.25, -0.2) is 0 Å². The van der Waals surface area contributed by atoms with Crippen LogP contribution in [0.4, 0.5) is 0 Å². The number of aliphatic hydroxyl groups excluding tert-OH is 1. The van der Waals surface area contributed by atoms with Gasteiger partial charge in [-0.1, -0.05) is 65.3 Å². The molecule has 0 amide bonds. The second kappa shape index (κ2) is 14.0. The van der Waals surface area contributed by atoms with E-state index in [0.717, 1.165) is 41.9 Å².